The van der Waals surface area contributed by atoms with E-state index in [2.05, 4.69) is 34.2 Å². The first kappa shape index (κ1) is 13.1. The standard InChI is InChI=1S/C17H13N3O/c1-12(21-17-19-10-13(9-18)11-20-17)15-7-6-14-4-2-3-5-16(14)8-15/h2-8,10-12H,1H3. The van der Waals surface area contributed by atoms with Crippen molar-refractivity contribution < 1.29 is 4.74 Å². The van der Waals surface area contributed by atoms with Crippen molar-refractivity contribution in [3.63, 3.8) is 0 Å². The molecule has 0 aliphatic carbocycles. The zero-order chi connectivity index (χ0) is 14.7. The summed E-state index contributed by atoms with van der Waals surface area (Å²) in [4.78, 5) is 8.04. The molecule has 21 heavy (non-hydrogen) atoms. The molecule has 0 amide bonds. The molecule has 1 atom stereocenters. The molecular formula is C17H13N3O. The third-order valence-electron chi connectivity index (χ3n) is 3.28. The number of rotatable bonds is 3. The fourth-order valence-corrected chi connectivity index (χ4v) is 2.12. The monoisotopic (exact) mass is 275 g/mol. The molecule has 1 aromatic heterocycles. The summed E-state index contributed by atoms with van der Waals surface area (Å²) in [6.07, 6.45) is 2.74. The van der Waals surface area contributed by atoms with Crippen molar-refractivity contribution in [2.45, 2.75) is 13.0 Å². The predicted molar refractivity (Wildman–Crippen MR) is 79.7 cm³/mol. The number of hydrogen-bond donors (Lipinski definition) is 0. The van der Waals surface area contributed by atoms with E-state index in [0.717, 1.165) is 5.56 Å². The Bertz CT molecular complexity index is 806. The molecule has 3 aromatic rings. The molecule has 0 saturated heterocycles. The summed E-state index contributed by atoms with van der Waals surface area (Å²) < 4.78 is 5.72. The smallest absolute Gasteiger partial charge is 0.316 e. The van der Waals surface area contributed by atoms with Crippen LogP contribution < -0.4 is 4.74 Å². The number of hydrogen-bond acceptors (Lipinski definition) is 4. The highest BCUT2D eigenvalue weighted by molar-refractivity contribution is 5.83. The van der Waals surface area contributed by atoms with Crippen molar-refractivity contribution in [2.24, 2.45) is 0 Å². The molecule has 0 radical (unpaired) electrons. The molecule has 1 heterocycles. The number of benzene rings is 2. The van der Waals surface area contributed by atoms with Crippen molar-refractivity contribution >= 4 is 10.8 Å². The van der Waals surface area contributed by atoms with E-state index in [1.165, 1.54) is 23.2 Å². The lowest BCUT2D eigenvalue weighted by atomic mass is 10.0. The lowest BCUT2D eigenvalue weighted by Gasteiger charge is -2.14. The van der Waals surface area contributed by atoms with Crippen molar-refractivity contribution in [1.82, 2.24) is 9.97 Å². The van der Waals surface area contributed by atoms with Crippen molar-refractivity contribution in [1.29, 1.82) is 5.26 Å². The van der Waals surface area contributed by atoms with E-state index in [-0.39, 0.29) is 12.1 Å². The van der Waals surface area contributed by atoms with E-state index < -0.39 is 0 Å². The zero-order valence-electron chi connectivity index (χ0n) is 11.5. The molecule has 0 aliphatic rings. The van der Waals surface area contributed by atoms with Crippen molar-refractivity contribution in [3.05, 3.63) is 66.0 Å². The molecule has 0 saturated carbocycles. The molecule has 3 rings (SSSR count). The first-order valence-electron chi connectivity index (χ1n) is 6.64. The predicted octanol–water partition coefficient (Wildman–Crippen LogP) is 3.64. The average molecular weight is 275 g/mol. The van der Waals surface area contributed by atoms with Gasteiger partial charge in [0.05, 0.1) is 18.0 Å². The summed E-state index contributed by atoms with van der Waals surface area (Å²) in [7, 11) is 0. The minimum atomic E-state index is -0.164. The van der Waals surface area contributed by atoms with Crippen molar-refractivity contribution in [2.75, 3.05) is 0 Å². The van der Waals surface area contributed by atoms with Crippen LogP contribution in [0.1, 0.15) is 24.2 Å². The highest BCUT2D eigenvalue weighted by Crippen LogP contribution is 2.23. The molecule has 1 unspecified atom stereocenters. The molecular weight excluding hydrogens is 262 g/mol. The lowest BCUT2D eigenvalue weighted by molar-refractivity contribution is 0.207. The second-order valence-corrected chi connectivity index (χ2v) is 4.73. The highest BCUT2D eigenvalue weighted by Gasteiger charge is 2.09. The zero-order valence-corrected chi connectivity index (χ0v) is 11.5. The van der Waals surface area contributed by atoms with E-state index in [1.807, 2.05) is 31.2 Å². The van der Waals surface area contributed by atoms with Gasteiger partial charge in [-0.3, -0.25) is 0 Å². The molecule has 0 spiro atoms. The van der Waals surface area contributed by atoms with Gasteiger partial charge in [-0.1, -0.05) is 36.4 Å². The van der Waals surface area contributed by atoms with Gasteiger partial charge >= 0.3 is 6.01 Å². The topological polar surface area (TPSA) is 58.8 Å². The maximum Gasteiger partial charge on any atom is 0.316 e. The molecule has 2 aromatic carbocycles. The number of fused-ring (bicyclic) bond motifs is 1. The van der Waals surface area contributed by atoms with Crippen LogP contribution >= 0.6 is 0 Å². The summed E-state index contributed by atoms with van der Waals surface area (Å²) in [6, 6.07) is 16.7. The van der Waals surface area contributed by atoms with E-state index in [1.54, 1.807) is 0 Å². The quantitative estimate of drug-likeness (QED) is 0.732. The third-order valence-corrected chi connectivity index (χ3v) is 3.28. The maximum atomic E-state index is 8.72. The molecule has 102 valence electrons. The third kappa shape index (κ3) is 2.82. The van der Waals surface area contributed by atoms with Gasteiger partial charge in [0, 0.05) is 0 Å². The Hall–Kier alpha value is -2.93. The van der Waals surface area contributed by atoms with Crippen LogP contribution in [0.15, 0.2) is 54.9 Å². The fraction of sp³-hybridized carbons (Fsp3) is 0.118. The number of ether oxygens (including phenoxy) is 1. The first-order valence-corrected chi connectivity index (χ1v) is 6.64. The second kappa shape index (κ2) is 5.59. The van der Waals surface area contributed by atoms with Crippen LogP contribution in [-0.4, -0.2) is 9.97 Å². The molecule has 4 heteroatoms. The largest absolute Gasteiger partial charge is 0.456 e. The van der Waals surface area contributed by atoms with Gasteiger partial charge in [-0.05, 0) is 29.3 Å². The average Bonchev–Trinajstić information content (AvgIpc) is 2.55. The van der Waals surface area contributed by atoms with Gasteiger partial charge in [0.1, 0.15) is 12.2 Å². The van der Waals surface area contributed by atoms with E-state index in [4.69, 9.17) is 10.00 Å². The summed E-state index contributed by atoms with van der Waals surface area (Å²) in [6.45, 7) is 1.95. The molecule has 4 nitrogen and oxygen atoms in total. The number of nitrogens with zero attached hydrogens (tertiary/aromatic N) is 3. The Morgan fingerprint density at radius 3 is 2.48 bits per heavy atom. The van der Waals surface area contributed by atoms with Crippen LogP contribution in [0.25, 0.3) is 10.8 Å². The Balaban J connectivity index is 1.82. The van der Waals surface area contributed by atoms with Crippen LogP contribution in [0.3, 0.4) is 0 Å². The van der Waals surface area contributed by atoms with Gasteiger partial charge in [0.15, 0.2) is 0 Å². The van der Waals surface area contributed by atoms with Crippen LogP contribution in [-0.2, 0) is 0 Å². The molecule has 0 fully saturated rings. The van der Waals surface area contributed by atoms with Gasteiger partial charge in [-0.15, -0.1) is 0 Å². The lowest BCUT2D eigenvalue weighted by Crippen LogP contribution is -2.05. The van der Waals surface area contributed by atoms with Gasteiger partial charge in [0.25, 0.3) is 0 Å². The normalized spacial score (nSPS) is 11.8. The van der Waals surface area contributed by atoms with E-state index >= 15 is 0 Å². The minimum absolute atomic E-state index is 0.164. The summed E-state index contributed by atoms with van der Waals surface area (Å²) in [5.41, 5.74) is 1.47. The molecule has 0 bridgehead atoms. The fourth-order valence-electron chi connectivity index (χ4n) is 2.12. The maximum absolute atomic E-state index is 8.72. The number of aromatic nitrogens is 2. The van der Waals surface area contributed by atoms with Crippen molar-refractivity contribution in [3.8, 4) is 12.1 Å². The van der Waals surface area contributed by atoms with E-state index in [0.29, 0.717) is 5.56 Å². The van der Waals surface area contributed by atoms with Gasteiger partial charge in [-0.2, -0.15) is 5.26 Å². The van der Waals surface area contributed by atoms with Crippen LogP contribution in [0.2, 0.25) is 0 Å². The van der Waals surface area contributed by atoms with Gasteiger partial charge < -0.3 is 4.74 Å². The summed E-state index contributed by atoms with van der Waals surface area (Å²) in [5.74, 6) is 0. The Kier molecular flexibility index (Phi) is 3.48. The molecule has 0 N–H and O–H groups in total. The summed E-state index contributed by atoms with van der Waals surface area (Å²) >= 11 is 0. The molecule has 0 aliphatic heterocycles. The Morgan fingerprint density at radius 1 is 1.05 bits per heavy atom. The van der Waals surface area contributed by atoms with E-state index in [9.17, 15) is 0 Å². The van der Waals surface area contributed by atoms with Crippen LogP contribution in [0.4, 0.5) is 0 Å². The highest BCUT2D eigenvalue weighted by atomic mass is 16.5. The number of nitriles is 1. The van der Waals surface area contributed by atoms with Gasteiger partial charge in [-0.25, -0.2) is 9.97 Å². The Labute approximate surface area is 122 Å². The van der Waals surface area contributed by atoms with Gasteiger partial charge in [0.2, 0.25) is 0 Å². The first-order chi connectivity index (χ1) is 10.3. The Morgan fingerprint density at radius 2 is 1.76 bits per heavy atom. The minimum Gasteiger partial charge on any atom is -0.456 e. The second-order valence-electron chi connectivity index (χ2n) is 4.73. The summed E-state index contributed by atoms with van der Waals surface area (Å²) in [5, 5.41) is 11.1. The van der Waals surface area contributed by atoms with Crippen LogP contribution in [0, 0.1) is 11.3 Å². The van der Waals surface area contributed by atoms with Crippen LogP contribution in [0.5, 0.6) is 6.01 Å². The SMILES string of the molecule is CC(Oc1ncc(C#N)cn1)c1ccc2ccccc2c1.